The predicted octanol–water partition coefficient (Wildman–Crippen LogP) is 5.21. The smallest absolute Gasteiger partial charge is 0.200 e. The summed E-state index contributed by atoms with van der Waals surface area (Å²) in [6, 6.07) is 0. The Morgan fingerprint density at radius 1 is 0.619 bits per heavy atom. The fourth-order valence-corrected chi connectivity index (χ4v) is 5.23. The average molecular weight is 327 g/mol. The number of rotatable bonds is 8. The van der Waals surface area contributed by atoms with Crippen LogP contribution in [0.1, 0.15) is 46.0 Å². The molecule has 0 bridgehead atoms. The summed E-state index contributed by atoms with van der Waals surface area (Å²) in [5, 5.41) is -0.547. The van der Waals surface area contributed by atoms with Gasteiger partial charge in [0, 0.05) is 7.92 Å². The van der Waals surface area contributed by atoms with Gasteiger partial charge in [-0.2, -0.15) is 8.78 Å². The number of hydrogen-bond acceptors (Lipinski definition) is 0. The van der Waals surface area contributed by atoms with Gasteiger partial charge in [0.1, 0.15) is 0 Å². The van der Waals surface area contributed by atoms with E-state index in [-0.39, 0.29) is 0 Å². The molecular formula is C15H21F5P+. The van der Waals surface area contributed by atoms with Crippen molar-refractivity contribution in [1.29, 1.82) is 0 Å². The van der Waals surface area contributed by atoms with Crippen molar-refractivity contribution >= 4 is 13.2 Å². The van der Waals surface area contributed by atoms with Crippen molar-refractivity contribution < 1.29 is 22.0 Å². The lowest BCUT2D eigenvalue weighted by atomic mass is 10.2. The summed E-state index contributed by atoms with van der Waals surface area (Å²) in [5.74, 6) is -8.99. The van der Waals surface area contributed by atoms with Gasteiger partial charge >= 0.3 is 0 Å². The van der Waals surface area contributed by atoms with Crippen LogP contribution in [0.2, 0.25) is 0 Å². The Kier molecular flexibility index (Phi) is 7.58. The number of hydrogen-bond donors (Lipinski definition) is 0. The summed E-state index contributed by atoms with van der Waals surface area (Å²) in [7, 11) is -1.77. The first-order valence-corrected chi connectivity index (χ1v) is 9.23. The Morgan fingerprint density at radius 2 is 1.14 bits per heavy atom. The third-order valence-corrected chi connectivity index (χ3v) is 6.65. The van der Waals surface area contributed by atoms with Crippen molar-refractivity contribution in [2.24, 2.45) is 0 Å². The van der Waals surface area contributed by atoms with Gasteiger partial charge in [-0.25, -0.2) is 13.2 Å². The maximum atomic E-state index is 13.9. The molecule has 6 heteroatoms. The summed E-state index contributed by atoms with van der Waals surface area (Å²) in [6.07, 6.45) is 5.44. The third-order valence-electron chi connectivity index (χ3n) is 3.45. The van der Waals surface area contributed by atoms with E-state index in [1.165, 1.54) is 0 Å². The Hall–Kier alpha value is -0.700. The Balaban J connectivity index is 3.07. The van der Waals surface area contributed by atoms with Gasteiger partial charge in [-0.15, -0.1) is 0 Å². The summed E-state index contributed by atoms with van der Waals surface area (Å²) >= 11 is 0. The third kappa shape index (κ3) is 4.38. The molecule has 1 unspecified atom stereocenters. The number of benzene rings is 1. The van der Waals surface area contributed by atoms with E-state index in [0.717, 1.165) is 25.7 Å². The van der Waals surface area contributed by atoms with Gasteiger partial charge < -0.3 is 0 Å². The molecule has 0 aliphatic heterocycles. The van der Waals surface area contributed by atoms with Crippen molar-refractivity contribution in [2.75, 3.05) is 12.3 Å². The molecule has 0 saturated carbocycles. The molecule has 0 saturated heterocycles. The van der Waals surface area contributed by atoms with E-state index in [1.807, 2.05) is 13.8 Å². The molecule has 0 amide bonds. The SMILES string of the molecule is CCCCCC[PH+](CCC)c1c(F)c(F)c(F)c(F)c1F. The lowest BCUT2D eigenvalue weighted by molar-refractivity contribution is 0.384. The monoisotopic (exact) mass is 327 g/mol. The van der Waals surface area contributed by atoms with E-state index in [0.29, 0.717) is 18.7 Å². The van der Waals surface area contributed by atoms with Crippen LogP contribution in [0.15, 0.2) is 0 Å². The first kappa shape index (κ1) is 18.3. The fourth-order valence-electron chi connectivity index (χ4n) is 2.36. The quantitative estimate of drug-likeness (QED) is 0.202. The molecule has 21 heavy (non-hydrogen) atoms. The molecule has 0 spiro atoms. The zero-order chi connectivity index (χ0) is 16.0. The van der Waals surface area contributed by atoms with Gasteiger partial charge in [-0.3, -0.25) is 0 Å². The standard InChI is InChI=1S/C15H20F5P/c1-3-5-6-7-9-21(8-4-2)15-13(19)11(17)10(16)12(18)14(15)20/h3-9H2,1-2H3/p+1. The molecule has 0 radical (unpaired) electrons. The van der Waals surface area contributed by atoms with E-state index in [2.05, 4.69) is 0 Å². The Labute approximate surface area is 123 Å². The highest BCUT2D eigenvalue weighted by Crippen LogP contribution is 2.39. The minimum Gasteiger partial charge on any atom is -0.200 e. The lowest BCUT2D eigenvalue weighted by Crippen LogP contribution is -2.21. The number of halogens is 5. The van der Waals surface area contributed by atoms with Crippen molar-refractivity contribution in [3.8, 4) is 0 Å². The molecule has 0 nitrogen and oxygen atoms in total. The van der Waals surface area contributed by atoms with E-state index < -0.39 is 42.3 Å². The van der Waals surface area contributed by atoms with Gasteiger partial charge in [0.05, 0.1) is 12.3 Å². The minimum atomic E-state index is -2.07. The molecule has 0 aliphatic rings. The van der Waals surface area contributed by atoms with E-state index in [4.69, 9.17) is 0 Å². The van der Waals surface area contributed by atoms with Gasteiger partial charge in [0.2, 0.25) is 29.1 Å². The van der Waals surface area contributed by atoms with Crippen molar-refractivity contribution in [2.45, 2.75) is 46.0 Å². The van der Waals surface area contributed by atoms with Crippen LogP contribution < -0.4 is 5.30 Å². The van der Waals surface area contributed by atoms with Crippen LogP contribution in [0.25, 0.3) is 0 Å². The summed E-state index contributed by atoms with van der Waals surface area (Å²) in [6.45, 7) is 3.89. The zero-order valence-corrected chi connectivity index (χ0v) is 13.3. The molecule has 0 heterocycles. The molecule has 0 N–H and O–H groups in total. The normalized spacial score (nSPS) is 12.7. The van der Waals surface area contributed by atoms with Gasteiger partial charge in [-0.05, 0) is 19.3 Å². The second-order valence-electron chi connectivity index (χ2n) is 5.11. The van der Waals surface area contributed by atoms with Crippen LogP contribution in [0.4, 0.5) is 22.0 Å². The van der Waals surface area contributed by atoms with Crippen LogP contribution in [0.3, 0.4) is 0 Å². The molecule has 1 aromatic rings. The van der Waals surface area contributed by atoms with Crippen molar-refractivity contribution in [1.82, 2.24) is 0 Å². The van der Waals surface area contributed by atoms with Gasteiger partial charge in [0.25, 0.3) is 0 Å². The van der Waals surface area contributed by atoms with E-state index in [9.17, 15) is 22.0 Å². The highest BCUT2D eigenvalue weighted by atomic mass is 31.1. The summed E-state index contributed by atoms with van der Waals surface area (Å²) in [4.78, 5) is 0. The van der Waals surface area contributed by atoms with E-state index in [1.54, 1.807) is 0 Å². The molecule has 1 aromatic carbocycles. The first-order valence-electron chi connectivity index (χ1n) is 7.32. The fraction of sp³-hybridized carbons (Fsp3) is 0.600. The lowest BCUT2D eigenvalue weighted by Gasteiger charge is -2.13. The molecule has 1 atom stereocenters. The Morgan fingerprint density at radius 3 is 1.62 bits per heavy atom. The molecule has 0 aliphatic carbocycles. The van der Waals surface area contributed by atoms with E-state index >= 15 is 0 Å². The molecule has 0 aromatic heterocycles. The highest BCUT2D eigenvalue weighted by molar-refractivity contribution is 7.65. The van der Waals surface area contributed by atoms with Crippen LogP contribution in [-0.2, 0) is 0 Å². The van der Waals surface area contributed by atoms with Crippen LogP contribution in [0.5, 0.6) is 0 Å². The summed E-state index contributed by atoms with van der Waals surface area (Å²) in [5.41, 5.74) is 0. The number of unbranched alkanes of at least 4 members (excludes halogenated alkanes) is 3. The molecule has 0 fully saturated rings. The second kappa shape index (κ2) is 8.67. The Bertz CT molecular complexity index is 447. The maximum Gasteiger partial charge on any atom is 0.206 e. The van der Waals surface area contributed by atoms with Gasteiger partial charge in [0.15, 0.2) is 5.30 Å². The second-order valence-corrected chi connectivity index (χ2v) is 7.82. The minimum absolute atomic E-state index is 0.509. The largest absolute Gasteiger partial charge is 0.206 e. The van der Waals surface area contributed by atoms with Crippen LogP contribution in [-0.4, -0.2) is 12.3 Å². The van der Waals surface area contributed by atoms with Gasteiger partial charge in [-0.1, -0.05) is 26.7 Å². The zero-order valence-electron chi connectivity index (χ0n) is 12.3. The topological polar surface area (TPSA) is 0 Å². The first-order chi connectivity index (χ1) is 9.95. The summed E-state index contributed by atoms with van der Waals surface area (Å²) < 4.78 is 67.4. The van der Waals surface area contributed by atoms with Crippen LogP contribution >= 0.6 is 7.92 Å². The molecule has 1 rings (SSSR count). The maximum absolute atomic E-state index is 13.9. The highest BCUT2D eigenvalue weighted by Gasteiger charge is 2.34. The van der Waals surface area contributed by atoms with Crippen LogP contribution in [0, 0.1) is 29.1 Å². The van der Waals surface area contributed by atoms with Crippen molar-refractivity contribution in [3.05, 3.63) is 29.1 Å². The van der Waals surface area contributed by atoms with Crippen molar-refractivity contribution in [3.63, 3.8) is 0 Å². The predicted molar refractivity (Wildman–Crippen MR) is 78.3 cm³/mol. The molecule has 120 valence electrons. The average Bonchev–Trinajstić information content (AvgIpc) is 2.47. The molecular weight excluding hydrogens is 306 g/mol.